The van der Waals surface area contributed by atoms with Crippen molar-refractivity contribution in [2.75, 3.05) is 0 Å². The molecule has 0 amide bonds. The van der Waals surface area contributed by atoms with Crippen LogP contribution in [0.3, 0.4) is 0 Å². The second-order valence-electron chi connectivity index (χ2n) is 13.1. The number of esters is 1. The highest BCUT2D eigenvalue weighted by molar-refractivity contribution is 5.90. The van der Waals surface area contributed by atoms with Crippen molar-refractivity contribution in [3.05, 3.63) is 11.6 Å². The van der Waals surface area contributed by atoms with Crippen LogP contribution in [-0.2, 0) is 14.3 Å². The van der Waals surface area contributed by atoms with Crippen LogP contribution in [-0.4, -0.2) is 69.1 Å². The molecule has 2 heterocycles. The number of unbranched alkanes of at least 4 members (excludes halogenated alkanes) is 13. The Hall–Kier alpha value is -0.990. The highest BCUT2D eigenvalue weighted by Crippen LogP contribution is 2.28. The lowest BCUT2D eigenvalue weighted by Gasteiger charge is -2.23. The SMILES string of the molecule is CCCCCCCCCCCC[C@@H](O)[C@H]1CC[C@H]([C@@H](O)CC[C@H](O)CCCCCCC[C@@H](O)CC2=C[C@H](C)OC2=O)O1. The predicted octanol–water partition coefficient (Wildman–Crippen LogP) is 7.06. The second-order valence-corrected chi connectivity index (χ2v) is 13.1. The van der Waals surface area contributed by atoms with E-state index in [2.05, 4.69) is 6.92 Å². The monoisotopic (exact) mass is 596 g/mol. The molecule has 246 valence electrons. The van der Waals surface area contributed by atoms with Gasteiger partial charge in [0.15, 0.2) is 0 Å². The molecule has 0 bridgehead atoms. The zero-order valence-electron chi connectivity index (χ0n) is 26.9. The van der Waals surface area contributed by atoms with Crippen molar-refractivity contribution in [3.8, 4) is 0 Å². The molecule has 2 aliphatic rings. The molecule has 7 heteroatoms. The van der Waals surface area contributed by atoms with E-state index in [0.717, 1.165) is 64.2 Å². The van der Waals surface area contributed by atoms with E-state index in [9.17, 15) is 25.2 Å². The average molecular weight is 597 g/mol. The molecule has 7 nitrogen and oxygen atoms in total. The molecule has 0 aliphatic carbocycles. The average Bonchev–Trinajstić information content (AvgIpc) is 3.58. The molecule has 2 aliphatic heterocycles. The Morgan fingerprint density at radius 1 is 0.667 bits per heavy atom. The molecule has 42 heavy (non-hydrogen) atoms. The minimum Gasteiger partial charge on any atom is -0.455 e. The molecule has 2 rings (SSSR count). The van der Waals surface area contributed by atoms with Gasteiger partial charge in [-0.3, -0.25) is 0 Å². The number of carbonyl (C=O) groups excluding carboxylic acids is 1. The van der Waals surface area contributed by atoms with Gasteiger partial charge in [0.2, 0.25) is 0 Å². The van der Waals surface area contributed by atoms with Crippen LogP contribution in [0.1, 0.15) is 162 Å². The first-order chi connectivity index (χ1) is 20.3. The minimum absolute atomic E-state index is 0.172. The number of cyclic esters (lactones) is 1. The van der Waals surface area contributed by atoms with Gasteiger partial charge in [-0.15, -0.1) is 0 Å². The first kappa shape index (κ1) is 37.2. The number of aliphatic hydroxyl groups is 4. The third-order valence-corrected chi connectivity index (χ3v) is 9.11. The fourth-order valence-corrected chi connectivity index (χ4v) is 6.40. The van der Waals surface area contributed by atoms with Gasteiger partial charge in [0.25, 0.3) is 0 Å². The lowest BCUT2D eigenvalue weighted by atomic mass is 9.98. The normalized spacial score (nSPS) is 23.5. The maximum Gasteiger partial charge on any atom is 0.334 e. The number of rotatable bonds is 26. The van der Waals surface area contributed by atoms with Gasteiger partial charge >= 0.3 is 5.97 Å². The van der Waals surface area contributed by atoms with E-state index in [-0.39, 0.29) is 24.3 Å². The molecule has 1 saturated heterocycles. The van der Waals surface area contributed by atoms with Gasteiger partial charge in [0, 0.05) is 12.0 Å². The molecule has 0 aromatic rings. The molecule has 0 unspecified atom stereocenters. The maximum atomic E-state index is 11.6. The van der Waals surface area contributed by atoms with Crippen LogP contribution >= 0.6 is 0 Å². The van der Waals surface area contributed by atoms with Crippen molar-refractivity contribution < 1.29 is 34.7 Å². The summed E-state index contributed by atoms with van der Waals surface area (Å²) in [5.41, 5.74) is 0.589. The largest absolute Gasteiger partial charge is 0.455 e. The van der Waals surface area contributed by atoms with Crippen LogP contribution in [0.25, 0.3) is 0 Å². The Balaban J connectivity index is 1.42. The quantitative estimate of drug-likeness (QED) is 0.0624. The van der Waals surface area contributed by atoms with Gasteiger partial charge in [-0.05, 0) is 57.9 Å². The number of aliphatic hydroxyl groups excluding tert-OH is 4. The number of ether oxygens (including phenoxy) is 2. The van der Waals surface area contributed by atoms with Crippen molar-refractivity contribution in [3.63, 3.8) is 0 Å². The molecule has 1 fully saturated rings. The minimum atomic E-state index is -0.592. The van der Waals surface area contributed by atoms with Crippen molar-refractivity contribution in [1.82, 2.24) is 0 Å². The van der Waals surface area contributed by atoms with E-state index < -0.39 is 24.4 Å². The Bertz CT molecular complexity index is 726. The maximum absolute atomic E-state index is 11.6. The molecule has 0 saturated carbocycles. The zero-order chi connectivity index (χ0) is 30.6. The Labute approximate surface area is 256 Å². The third kappa shape index (κ3) is 16.2. The highest BCUT2D eigenvalue weighted by Gasteiger charge is 2.34. The van der Waals surface area contributed by atoms with Crippen molar-refractivity contribution >= 4 is 5.97 Å². The smallest absolute Gasteiger partial charge is 0.334 e. The standard InChI is InChI=1S/C35H64O7/c1-3-4-5-6-7-8-9-10-14-17-20-31(38)33-23-24-34(42-33)32(39)22-21-29(36)18-15-12-11-13-16-19-30(37)26-28-25-27(2)41-35(28)40/h25,27,29-34,36-39H,3-24,26H2,1-2H3/t27-,29+,30+,31+,32-,33+,34+/m0/s1. The predicted molar refractivity (Wildman–Crippen MR) is 168 cm³/mol. The molecule has 0 aromatic carbocycles. The van der Waals surface area contributed by atoms with E-state index in [1.54, 1.807) is 6.08 Å². The molecule has 0 spiro atoms. The van der Waals surface area contributed by atoms with Gasteiger partial charge in [0.05, 0.1) is 36.6 Å². The van der Waals surface area contributed by atoms with E-state index in [4.69, 9.17) is 9.47 Å². The molecule has 7 atom stereocenters. The van der Waals surface area contributed by atoms with E-state index in [0.29, 0.717) is 31.3 Å². The summed E-state index contributed by atoms with van der Waals surface area (Å²) in [6, 6.07) is 0. The fraction of sp³-hybridized carbons (Fsp3) is 0.914. The van der Waals surface area contributed by atoms with E-state index in [1.165, 1.54) is 57.8 Å². The van der Waals surface area contributed by atoms with Crippen LogP contribution < -0.4 is 0 Å². The van der Waals surface area contributed by atoms with Gasteiger partial charge < -0.3 is 29.9 Å². The summed E-state index contributed by atoms with van der Waals surface area (Å²) >= 11 is 0. The summed E-state index contributed by atoms with van der Waals surface area (Å²) in [6.45, 7) is 4.07. The van der Waals surface area contributed by atoms with Crippen molar-refractivity contribution in [2.45, 2.75) is 204 Å². The van der Waals surface area contributed by atoms with Gasteiger partial charge in [-0.25, -0.2) is 4.79 Å². The number of hydrogen-bond acceptors (Lipinski definition) is 7. The van der Waals surface area contributed by atoms with Gasteiger partial charge in [0.1, 0.15) is 6.10 Å². The summed E-state index contributed by atoms with van der Waals surface area (Å²) in [5.74, 6) is -0.304. The van der Waals surface area contributed by atoms with Crippen LogP contribution in [0, 0.1) is 0 Å². The summed E-state index contributed by atoms with van der Waals surface area (Å²) in [7, 11) is 0. The summed E-state index contributed by atoms with van der Waals surface area (Å²) in [4.78, 5) is 11.6. The summed E-state index contributed by atoms with van der Waals surface area (Å²) < 4.78 is 11.1. The highest BCUT2D eigenvalue weighted by atomic mass is 16.5. The van der Waals surface area contributed by atoms with Gasteiger partial charge in [-0.1, -0.05) is 103 Å². The first-order valence-electron chi connectivity index (χ1n) is 17.6. The van der Waals surface area contributed by atoms with Gasteiger partial charge in [-0.2, -0.15) is 0 Å². The Morgan fingerprint density at radius 3 is 1.67 bits per heavy atom. The number of hydrogen-bond donors (Lipinski definition) is 4. The molecule has 0 radical (unpaired) electrons. The summed E-state index contributed by atoms with van der Waals surface area (Å²) in [6.07, 6.45) is 22.3. The van der Waals surface area contributed by atoms with E-state index >= 15 is 0 Å². The Morgan fingerprint density at radius 2 is 1.14 bits per heavy atom. The first-order valence-corrected chi connectivity index (χ1v) is 17.6. The van der Waals surface area contributed by atoms with Crippen LogP contribution in [0.15, 0.2) is 11.6 Å². The lowest BCUT2D eigenvalue weighted by Crippen LogP contribution is -2.31. The molecule has 4 N–H and O–H groups in total. The fourth-order valence-electron chi connectivity index (χ4n) is 6.40. The van der Waals surface area contributed by atoms with E-state index in [1.807, 2.05) is 6.92 Å². The topological polar surface area (TPSA) is 116 Å². The third-order valence-electron chi connectivity index (χ3n) is 9.11. The van der Waals surface area contributed by atoms with Crippen molar-refractivity contribution in [2.24, 2.45) is 0 Å². The van der Waals surface area contributed by atoms with Crippen LogP contribution in [0.4, 0.5) is 0 Å². The Kier molecular flexibility index (Phi) is 19.9. The lowest BCUT2D eigenvalue weighted by molar-refractivity contribution is -0.139. The van der Waals surface area contributed by atoms with Crippen LogP contribution in [0.2, 0.25) is 0 Å². The molecular formula is C35H64O7. The van der Waals surface area contributed by atoms with Crippen LogP contribution in [0.5, 0.6) is 0 Å². The number of carbonyl (C=O) groups is 1. The second kappa shape index (κ2) is 22.5. The zero-order valence-corrected chi connectivity index (χ0v) is 26.9. The van der Waals surface area contributed by atoms with Crippen molar-refractivity contribution in [1.29, 1.82) is 0 Å². The molecular weight excluding hydrogens is 532 g/mol. The molecule has 0 aromatic heterocycles. The summed E-state index contributed by atoms with van der Waals surface area (Å²) in [5, 5.41) is 41.8.